The molecule has 0 bridgehead atoms. The average molecular weight is 794 g/mol. The van der Waals surface area contributed by atoms with Crippen LogP contribution in [0.1, 0.15) is 26.0 Å². The van der Waals surface area contributed by atoms with E-state index in [0.29, 0.717) is 16.3 Å². The summed E-state index contributed by atoms with van der Waals surface area (Å²) >= 11 is 0.903. The standard InChI is InChI=1S/C27H30F3N9O12S2/c1-26(2)19(21(41)39(26)51-53(45,46)47)36-20(40)18(15-11-52-25(33)35-15)37-50-16(22(42)43)10-48-13-5-3-12(4-6-13)14-9-38(24(32)34-14)8-7-17(31)49-23(44)27(28,29)30/h3-6,9,11,16-17,19H,7-8,10,31H2,1-2H3,(H2,32,34)(H2,33,35)(H,36,40)(H,42,43)(H,45,46,47)/b37-18-/t16-,17-,19+/m0/s1. The number of nitrogen functional groups attached to an aromatic ring is 2. The van der Waals surface area contributed by atoms with Crippen LogP contribution < -0.4 is 27.3 Å². The molecule has 288 valence electrons. The Kier molecular flexibility index (Phi) is 11.8. The molecule has 1 aliphatic heterocycles. The van der Waals surface area contributed by atoms with E-state index in [1.54, 1.807) is 0 Å². The number of alkyl halides is 3. The molecule has 2 amide bonds. The van der Waals surface area contributed by atoms with Crippen molar-refractivity contribution in [2.75, 3.05) is 18.1 Å². The number of aromatic nitrogens is 3. The first-order valence-electron chi connectivity index (χ1n) is 14.7. The number of benzene rings is 1. The summed E-state index contributed by atoms with van der Waals surface area (Å²) in [6.07, 6.45) is -7.28. The van der Waals surface area contributed by atoms with Gasteiger partial charge in [0, 0.05) is 30.1 Å². The Balaban J connectivity index is 1.39. The number of nitrogens with one attached hydrogen (secondary N) is 1. The van der Waals surface area contributed by atoms with Gasteiger partial charge in [0.25, 0.3) is 17.9 Å². The van der Waals surface area contributed by atoms with Crippen molar-refractivity contribution in [3.05, 3.63) is 41.5 Å². The number of aliphatic carboxylic acids is 1. The van der Waals surface area contributed by atoms with Crippen LogP contribution >= 0.6 is 11.3 Å². The molecule has 1 aromatic carbocycles. The van der Waals surface area contributed by atoms with Crippen molar-refractivity contribution in [1.82, 2.24) is 24.9 Å². The van der Waals surface area contributed by atoms with E-state index in [4.69, 9.17) is 31.3 Å². The number of halogens is 3. The van der Waals surface area contributed by atoms with Crippen molar-refractivity contribution >= 4 is 62.3 Å². The van der Waals surface area contributed by atoms with E-state index < -0.39 is 76.6 Å². The smallest absolute Gasteiger partial charge is 0.489 e. The van der Waals surface area contributed by atoms with Crippen molar-refractivity contribution in [2.24, 2.45) is 10.9 Å². The van der Waals surface area contributed by atoms with Crippen molar-refractivity contribution in [3.8, 4) is 17.0 Å². The Bertz CT molecular complexity index is 2000. The third-order valence-corrected chi connectivity index (χ3v) is 8.16. The Morgan fingerprint density at radius 1 is 1.17 bits per heavy atom. The number of nitrogens with two attached hydrogens (primary N) is 3. The first kappa shape index (κ1) is 40.2. The van der Waals surface area contributed by atoms with Gasteiger partial charge in [0.1, 0.15) is 24.1 Å². The van der Waals surface area contributed by atoms with Gasteiger partial charge in [0.2, 0.25) is 5.95 Å². The van der Waals surface area contributed by atoms with E-state index in [-0.39, 0.29) is 35.5 Å². The zero-order chi connectivity index (χ0) is 39.5. The highest BCUT2D eigenvalue weighted by atomic mass is 32.3. The number of carbonyl (C=O) groups excluding carboxylic acids is 3. The van der Waals surface area contributed by atoms with Crippen molar-refractivity contribution < 1.29 is 69.0 Å². The number of nitrogens with zero attached hydrogens (tertiary/aromatic N) is 5. The number of anilines is 2. The van der Waals surface area contributed by atoms with Crippen molar-refractivity contribution in [1.29, 1.82) is 0 Å². The minimum absolute atomic E-state index is 0.000594. The number of thiazole rings is 1. The summed E-state index contributed by atoms with van der Waals surface area (Å²) in [5, 5.41) is 17.3. The van der Waals surface area contributed by atoms with E-state index in [2.05, 4.69) is 29.5 Å². The predicted octanol–water partition coefficient (Wildman–Crippen LogP) is 0.0443. The topological polar surface area (TPSA) is 316 Å². The van der Waals surface area contributed by atoms with E-state index >= 15 is 0 Å². The number of β-lactam (4-membered cyclic amide) rings is 1. The molecule has 4 rings (SSSR count). The molecule has 21 nitrogen and oxygen atoms in total. The summed E-state index contributed by atoms with van der Waals surface area (Å²) in [7, 11) is -5.06. The number of imidazole rings is 1. The van der Waals surface area contributed by atoms with E-state index in [0.717, 1.165) is 11.3 Å². The number of hydroxylamine groups is 2. The molecular weight excluding hydrogens is 763 g/mol. The third-order valence-electron chi connectivity index (χ3n) is 7.15. The lowest BCUT2D eigenvalue weighted by atomic mass is 9.84. The number of hydrogen-bond acceptors (Lipinski definition) is 17. The maximum atomic E-state index is 13.2. The molecule has 2 aromatic heterocycles. The summed E-state index contributed by atoms with van der Waals surface area (Å²) in [6, 6.07) is 4.58. The quantitative estimate of drug-likeness (QED) is 0.0279. The van der Waals surface area contributed by atoms with E-state index in [1.165, 1.54) is 54.3 Å². The first-order chi connectivity index (χ1) is 24.6. The molecule has 9 N–H and O–H groups in total. The SMILES string of the molecule is CC1(C)[C@H](NC(=O)/C(=N\O[C@@H](COc2ccc(-c3cn(CC[C@@H](N)OC(=O)C(F)(F)F)c(N)n3)cc2)C(=O)O)c2csc(N)n2)C(=O)N1OS(=O)(=O)O. The molecule has 0 spiro atoms. The summed E-state index contributed by atoms with van der Waals surface area (Å²) in [5.41, 5.74) is 15.6. The van der Waals surface area contributed by atoms with Gasteiger partial charge < -0.3 is 40.8 Å². The molecule has 1 fully saturated rings. The maximum absolute atomic E-state index is 13.2. The monoisotopic (exact) mass is 793 g/mol. The summed E-state index contributed by atoms with van der Waals surface area (Å²) in [5.74, 6) is -5.97. The van der Waals surface area contributed by atoms with Crippen molar-refractivity contribution in [2.45, 2.75) is 56.9 Å². The van der Waals surface area contributed by atoms with Crippen LogP contribution in [0.2, 0.25) is 0 Å². The number of amides is 2. The van der Waals surface area contributed by atoms with Crippen molar-refractivity contribution in [3.63, 3.8) is 0 Å². The van der Waals surface area contributed by atoms with Crippen LogP contribution in [0.4, 0.5) is 24.3 Å². The van der Waals surface area contributed by atoms with Crippen LogP contribution in [0.5, 0.6) is 5.75 Å². The average Bonchev–Trinajstić information content (AvgIpc) is 3.66. The number of carboxylic acids is 1. The van der Waals surface area contributed by atoms with Gasteiger partial charge >= 0.3 is 28.5 Å². The molecular formula is C27H30F3N9O12S2. The molecule has 0 radical (unpaired) electrons. The van der Waals surface area contributed by atoms with Gasteiger partial charge in [0.15, 0.2) is 17.1 Å². The Morgan fingerprint density at radius 2 is 1.83 bits per heavy atom. The van der Waals surface area contributed by atoms with Crippen LogP contribution in [-0.4, -0.2) is 104 Å². The lowest BCUT2D eigenvalue weighted by Crippen LogP contribution is -2.76. The van der Waals surface area contributed by atoms with Gasteiger partial charge in [-0.2, -0.15) is 26.7 Å². The number of oxime groups is 1. The second kappa shape index (κ2) is 15.6. The zero-order valence-electron chi connectivity index (χ0n) is 27.2. The first-order valence-corrected chi connectivity index (χ1v) is 16.9. The molecule has 3 heterocycles. The van der Waals surface area contributed by atoms with Crippen LogP contribution in [0.25, 0.3) is 11.3 Å². The lowest BCUT2D eigenvalue weighted by Gasteiger charge is -2.50. The molecule has 1 aliphatic rings. The van der Waals surface area contributed by atoms with Gasteiger partial charge in [-0.15, -0.1) is 15.6 Å². The number of ether oxygens (including phenoxy) is 2. The molecule has 53 heavy (non-hydrogen) atoms. The Labute approximate surface area is 300 Å². The molecule has 3 aromatic rings. The molecule has 3 atom stereocenters. The normalized spacial score (nSPS) is 17.0. The summed E-state index contributed by atoms with van der Waals surface area (Å²) in [4.78, 5) is 61.9. The Morgan fingerprint density at radius 3 is 2.38 bits per heavy atom. The summed E-state index contributed by atoms with van der Waals surface area (Å²) in [6.45, 7) is 1.96. The molecule has 26 heteroatoms. The number of rotatable bonds is 16. The molecule has 0 saturated carbocycles. The maximum Gasteiger partial charge on any atom is 0.490 e. The van der Waals surface area contributed by atoms with Gasteiger partial charge in [-0.05, 0) is 38.1 Å². The minimum atomic E-state index is -5.19. The second-order valence-electron chi connectivity index (χ2n) is 11.4. The highest BCUT2D eigenvalue weighted by Crippen LogP contribution is 2.33. The van der Waals surface area contributed by atoms with Crippen LogP contribution in [0.15, 0.2) is 41.0 Å². The van der Waals surface area contributed by atoms with E-state index in [1.807, 2.05) is 0 Å². The van der Waals surface area contributed by atoms with Gasteiger partial charge in [-0.25, -0.2) is 19.6 Å². The highest BCUT2D eigenvalue weighted by molar-refractivity contribution is 7.80. The molecule has 0 unspecified atom stereocenters. The fraction of sp³-hybridized carbons (Fsp3) is 0.370. The summed E-state index contributed by atoms with van der Waals surface area (Å²) < 4.78 is 83.6. The van der Waals surface area contributed by atoms with Gasteiger partial charge in [0.05, 0.1) is 11.2 Å². The second-order valence-corrected chi connectivity index (χ2v) is 13.3. The van der Waals surface area contributed by atoms with Crippen LogP contribution in [0, 0.1) is 0 Å². The number of hydrogen-bond donors (Lipinski definition) is 6. The highest BCUT2D eigenvalue weighted by Gasteiger charge is 2.58. The minimum Gasteiger partial charge on any atom is -0.489 e. The number of aryl methyl sites for hydroxylation is 1. The van der Waals surface area contributed by atoms with Gasteiger partial charge in [-0.1, -0.05) is 5.16 Å². The Hall–Kier alpha value is -5.57. The largest absolute Gasteiger partial charge is 0.490 e. The van der Waals surface area contributed by atoms with Crippen LogP contribution in [0.3, 0.4) is 0 Å². The number of esters is 1. The fourth-order valence-electron chi connectivity index (χ4n) is 4.46. The number of carboxylic acid groups (broad SMARTS) is 1. The molecule has 1 saturated heterocycles. The lowest BCUT2D eigenvalue weighted by molar-refractivity contribution is -0.218. The van der Waals surface area contributed by atoms with E-state index in [9.17, 15) is 45.9 Å². The molecule has 0 aliphatic carbocycles. The number of carbonyl (C=O) groups is 4. The van der Waals surface area contributed by atoms with Gasteiger partial charge in [-0.3, -0.25) is 19.9 Å². The fourth-order valence-corrected chi connectivity index (χ4v) is 5.46. The predicted molar refractivity (Wildman–Crippen MR) is 173 cm³/mol. The third kappa shape index (κ3) is 10.1. The van der Waals surface area contributed by atoms with Crippen LogP contribution in [-0.2, 0) is 50.0 Å². The zero-order valence-corrected chi connectivity index (χ0v) is 28.8.